The molecular formula is C17H35ClN2O3S. The maximum Gasteiger partial charge on any atom is 0.238 e. The summed E-state index contributed by atoms with van der Waals surface area (Å²) in [6, 6.07) is -0.134. The number of hydrogen-bond donors (Lipinski definition) is 2. The van der Waals surface area contributed by atoms with E-state index in [2.05, 4.69) is 12.2 Å². The fourth-order valence-corrected chi connectivity index (χ4v) is 5.95. The summed E-state index contributed by atoms with van der Waals surface area (Å²) in [4.78, 5) is 12.7. The van der Waals surface area contributed by atoms with Gasteiger partial charge >= 0.3 is 0 Å². The zero-order valence-corrected chi connectivity index (χ0v) is 16.9. The third-order valence-electron chi connectivity index (χ3n) is 4.77. The summed E-state index contributed by atoms with van der Waals surface area (Å²) in [5, 5.41) is 1.57. The van der Waals surface area contributed by atoms with Crippen LogP contribution < -0.4 is 11.1 Å². The third-order valence-corrected chi connectivity index (χ3v) is 7.64. The molecule has 1 aliphatic rings. The zero-order chi connectivity index (χ0) is 17.5. The molecule has 0 saturated heterocycles. The number of nitrogens with one attached hydrogen (secondary N) is 1. The lowest BCUT2D eigenvalue weighted by molar-refractivity contribution is -0.122. The zero-order valence-electron chi connectivity index (χ0n) is 15.3. The fraction of sp³-hybridized carbons (Fsp3) is 0.941. The molecular weight excluding hydrogens is 348 g/mol. The van der Waals surface area contributed by atoms with Gasteiger partial charge < -0.3 is 11.1 Å². The Kier molecular flexibility index (Phi) is 11.2. The van der Waals surface area contributed by atoms with Gasteiger partial charge in [0.25, 0.3) is 0 Å². The van der Waals surface area contributed by atoms with Gasteiger partial charge in [0, 0.05) is 12.6 Å². The largest absolute Gasteiger partial charge is 0.351 e. The standard InChI is InChI=1S/C17H34N2O3S.ClH/c1-4-5-9-14(12-18)19-17(20)16(13(2)3)23(21,22)15-10-7-6-8-11-15;/h13-16H,4-12,18H2,1-3H3,(H,19,20);1H. The first-order valence-electron chi connectivity index (χ1n) is 9.07. The highest BCUT2D eigenvalue weighted by atomic mass is 35.5. The molecule has 0 aliphatic heterocycles. The molecule has 3 N–H and O–H groups in total. The highest BCUT2D eigenvalue weighted by Crippen LogP contribution is 2.29. The summed E-state index contributed by atoms with van der Waals surface area (Å²) in [7, 11) is -3.45. The van der Waals surface area contributed by atoms with Gasteiger partial charge in [0.2, 0.25) is 5.91 Å². The summed E-state index contributed by atoms with van der Waals surface area (Å²) < 4.78 is 25.9. The summed E-state index contributed by atoms with van der Waals surface area (Å²) in [5.74, 6) is -0.594. The van der Waals surface area contributed by atoms with Crippen molar-refractivity contribution in [3.63, 3.8) is 0 Å². The summed E-state index contributed by atoms with van der Waals surface area (Å²) >= 11 is 0. The fourth-order valence-electron chi connectivity index (χ4n) is 3.42. The predicted molar refractivity (Wildman–Crippen MR) is 102 cm³/mol. The van der Waals surface area contributed by atoms with Crippen molar-refractivity contribution in [2.45, 2.75) is 88.7 Å². The topological polar surface area (TPSA) is 89.3 Å². The van der Waals surface area contributed by atoms with Gasteiger partial charge in [0.15, 0.2) is 9.84 Å². The van der Waals surface area contributed by atoms with Crippen LogP contribution in [0.2, 0.25) is 0 Å². The Labute approximate surface area is 153 Å². The van der Waals surface area contributed by atoms with Gasteiger partial charge in [-0.05, 0) is 25.2 Å². The summed E-state index contributed by atoms with van der Waals surface area (Å²) in [6.07, 6.45) is 7.16. The van der Waals surface area contributed by atoms with Gasteiger partial charge in [-0.2, -0.15) is 0 Å². The van der Waals surface area contributed by atoms with Gasteiger partial charge in [0.1, 0.15) is 5.25 Å². The van der Waals surface area contributed by atoms with Crippen molar-refractivity contribution in [2.75, 3.05) is 6.54 Å². The van der Waals surface area contributed by atoms with Crippen LogP contribution in [0.15, 0.2) is 0 Å². The van der Waals surface area contributed by atoms with E-state index >= 15 is 0 Å². The minimum absolute atomic E-state index is 0. The Balaban J connectivity index is 0.00000529. The van der Waals surface area contributed by atoms with E-state index in [1.165, 1.54) is 0 Å². The molecule has 0 spiro atoms. The van der Waals surface area contributed by atoms with Crippen molar-refractivity contribution in [3.8, 4) is 0 Å². The maximum absolute atomic E-state index is 13.0. The van der Waals surface area contributed by atoms with E-state index in [0.29, 0.717) is 19.4 Å². The number of hydrogen-bond acceptors (Lipinski definition) is 4. The van der Waals surface area contributed by atoms with Crippen molar-refractivity contribution in [3.05, 3.63) is 0 Å². The Morgan fingerprint density at radius 3 is 2.25 bits per heavy atom. The van der Waals surface area contributed by atoms with Crippen LogP contribution in [0.3, 0.4) is 0 Å². The van der Waals surface area contributed by atoms with Gasteiger partial charge in [0.05, 0.1) is 5.25 Å². The van der Waals surface area contributed by atoms with Crippen LogP contribution in [0.25, 0.3) is 0 Å². The molecule has 0 radical (unpaired) electrons. The molecule has 0 aromatic heterocycles. The first kappa shape index (κ1) is 23.7. The molecule has 1 rings (SSSR count). The molecule has 0 bridgehead atoms. The van der Waals surface area contributed by atoms with Crippen molar-refractivity contribution >= 4 is 28.2 Å². The monoisotopic (exact) mass is 382 g/mol. The minimum atomic E-state index is -3.45. The second-order valence-electron chi connectivity index (χ2n) is 7.10. The average Bonchev–Trinajstić information content (AvgIpc) is 2.51. The molecule has 144 valence electrons. The van der Waals surface area contributed by atoms with Crippen molar-refractivity contribution in [1.82, 2.24) is 5.32 Å². The number of carbonyl (C=O) groups is 1. The first-order valence-corrected chi connectivity index (χ1v) is 10.7. The van der Waals surface area contributed by atoms with Gasteiger partial charge in [-0.25, -0.2) is 8.42 Å². The van der Waals surface area contributed by atoms with Crippen molar-refractivity contribution in [1.29, 1.82) is 0 Å². The number of sulfone groups is 1. The van der Waals surface area contributed by atoms with E-state index in [9.17, 15) is 13.2 Å². The smallest absolute Gasteiger partial charge is 0.238 e. The average molecular weight is 383 g/mol. The Bertz CT molecular complexity index is 462. The van der Waals surface area contributed by atoms with E-state index in [-0.39, 0.29) is 35.5 Å². The number of rotatable bonds is 9. The number of carbonyl (C=O) groups excluding carboxylic acids is 1. The van der Waals surface area contributed by atoms with E-state index in [4.69, 9.17) is 5.73 Å². The Hall–Kier alpha value is -0.330. The highest BCUT2D eigenvalue weighted by Gasteiger charge is 2.41. The molecule has 0 aromatic carbocycles. The molecule has 1 saturated carbocycles. The van der Waals surface area contributed by atoms with Crippen LogP contribution in [0.4, 0.5) is 0 Å². The van der Waals surface area contributed by atoms with E-state index in [0.717, 1.165) is 38.5 Å². The van der Waals surface area contributed by atoms with Gasteiger partial charge in [-0.15, -0.1) is 12.4 Å². The molecule has 0 heterocycles. The molecule has 0 aromatic rings. The number of halogens is 1. The highest BCUT2D eigenvalue weighted by molar-refractivity contribution is 7.93. The number of nitrogens with two attached hydrogens (primary N) is 1. The second kappa shape index (κ2) is 11.3. The quantitative estimate of drug-likeness (QED) is 0.641. The van der Waals surface area contributed by atoms with Crippen LogP contribution in [-0.4, -0.2) is 37.4 Å². The lowest BCUT2D eigenvalue weighted by Crippen LogP contribution is -2.51. The molecule has 5 nitrogen and oxygen atoms in total. The normalized spacial score (nSPS) is 18.7. The Morgan fingerprint density at radius 1 is 1.21 bits per heavy atom. The summed E-state index contributed by atoms with van der Waals surface area (Å²) in [6.45, 7) is 6.06. The second-order valence-corrected chi connectivity index (χ2v) is 9.45. The van der Waals surface area contributed by atoms with E-state index in [1.54, 1.807) is 0 Å². The lowest BCUT2D eigenvalue weighted by atomic mass is 10.0. The number of unbranched alkanes of at least 4 members (excludes halogenated alkanes) is 1. The number of amides is 1. The molecule has 1 fully saturated rings. The maximum atomic E-state index is 13.0. The van der Waals surface area contributed by atoms with E-state index < -0.39 is 15.1 Å². The van der Waals surface area contributed by atoms with Crippen LogP contribution in [0.1, 0.15) is 72.1 Å². The van der Waals surface area contributed by atoms with Crippen molar-refractivity contribution in [2.24, 2.45) is 11.7 Å². The predicted octanol–water partition coefficient (Wildman–Crippen LogP) is 2.81. The molecule has 24 heavy (non-hydrogen) atoms. The lowest BCUT2D eigenvalue weighted by Gasteiger charge is -2.29. The summed E-state index contributed by atoms with van der Waals surface area (Å²) in [5.41, 5.74) is 5.73. The van der Waals surface area contributed by atoms with Gasteiger partial charge in [-0.1, -0.05) is 52.9 Å². The molecule has 1 amide bonds. The van der Waals surface area contributed by atoms with Crippen LogP contribution in [-0.2, 0) is 14.6 Å². The molecule has 7 heteroatoms. The van der Waals surface area contributed by atoms with Crippen LogP contribution in [0, 0.1) is 5.92 Å². The third kappa shape index (κ3) is 6.52. The molecule has 2 unspecified atom stereocenters. The van der Waals surface area contributed by atoms with Crippen LogP contribution >= 0.6 is 12.4 Å². The Morgan fingerprint density at radius 2 is 1.79 bits per heavy atom. The molecule has 1 aliphatic carbocycles. The van der Waals surface area contributed by atoms with Gasteiger partial charge in [-0.3, -0.25) is 4.79 Å². The first-order chi connectivity index (χ1) is 10.8. The van der Waals surface area contributed by atoms with Crippen LogP contribution in [0.5, 0.6) is 0 Å². The molecule has 2 atom stereocenters. The SMILES string of the molecule is CCCCC(CN)NC(=O)C(C(C)C)S(=O)(=O)C1CCCCC1.Cl. The van der Waals surface area contributed by atoms with E-state index in [1.807, 2.05) is 13.8 Å². The van der Waals surface area contributed by atoms with Crippen molar-refractivity contribution < 1.29 is 13.2 Å². The minimum Gasteiger partial charge on any atom is -0.351 e.